The van der Waals surface area contributed by atoms with Crippen LogP contribution in [0.5, 0.6) is 0 Å². The average molecular weight is 664 g/mol. The summed E-state index contributed by atoms with van der Waals surface area (Å²) >= 11 is 0. The lowest BCUT2D eigenvalue weighted by Gasteiger charge is -2.26. The number of anilines is 3. The number of hydrogen-bond donors (Lipinski definition) is 0. The molecule has 0 N–H and O–H groups in total. The van der Waals surface area contributed by atoms with Crippen molar-refractivity contribution >= 4 is 60.5 Å². The van der Waals surface area contributed by atoms with Gasteiger partial charge in [-0.3, -0.25) is 0 Å². The average Bonchev–Trinajstić information content (AvgIpc) is 3.60. The summed E-state index contributed by atoms with van der Waals surface area (Å²) in [7, 11) is 0. The summed E-state index contributed by atoms with van der Waals surface area (Å²) < 4.78 is 6.34. The molecule has 244 valence electrons. The van der Waals surface area contributed by atoms with Crippen LogP contribution in [-0.2, 0) is 0 Å². The Bertz CT molecular complexity index is 2870. The number of rotatable bonds is 6. The molecule has 1 heterocycles. The molecule has 0 atom stereocenters. The van der Waals surface area contributed by atoms with Crippen molar-refractivity contribution in [2.45, 2.75) is 0 Å². The summed E-state index contributed by atoms with van der Waals surface area (Å²) in [5, 5.41) is 7.26. The van der Waals surface area contributed by atoms with E-state index in [2.05, 4.69) is 193 Å². The smallest absolute Gasteiger partial charge is 0.137 e. The Labute approximate surface area is 302 Å². The van der Waals surface area contributed by atoms with Crippen LogP contribution < -0.4 is 4.90 Å². The zero-order valence-corrected chi connectivity index (χ0v) is 28.4. The van der Waals surface area contributed by atoms with Gasteiger partial charge in [0.05, 0.1) is 0 Å². The first-order valence-corrected chi connectivity index (χ1v) is 17.7. The summed E-state index contributed by atoms with van der Waals surface area (Å²) in [6.45, 7) is 0. The van der Waals surface area contributed by atoms with Gasteiger partial charge in [-0.25, -0.2) is 0 Å². The van der Waals surface area contributed by atoms with Crippen LogP contribution in [0, 0.1) is 0 Å². The topological polar surface area (TPSA) is 16.4 Å². The molecule has 1 aromatic heterocycles. The molecule has 0 saturated carbocycles. The van der Waals surface area contributed by atoms with Crippen molar-refractivity contribution in [3.8, 4) is 33.4 Å². The van der Waals surface area contributed by atoms with Gasteiger partial charge in [-0.05, 0) is 110 Å². The van der Waals surface area contributed by atoms with E-state index in [0.29, 0.717) is 0 Å². The van der Waals surface area contributed by atoms with E-state index in [-0.39, 0.29) is 0 Å². The number of fused-ring (bicyclic) bond motifs is 6. The first kappa shape index (κ1) is 30.0. The van der Waals surface area contributed by atoms with E-state index < -0.39 is 0 Å². The van der Waals surface area contributed by atoms with E-state index in [9.17, 15) is 0 Å². The van der Waals surface area contributed by atoms with Gasteiger partial charge in [-0.2, -0.15) is 0 Å². The lowest BCUT2D eigenvalue weighted by molar-refractivity contribution is 0.669. The second-order valence-corrected chi connectivity index (χ2v) is 13.4. The molecule has 0 amide bonds. The van der Waals surface area contributed by atoms with Crippen molar-refractivity contribution in [1.29, 1.82) is 0 Å². The number of para-hydroxylation sites is 1. The highest BCUT2D eigenvalue weighted by Crippen LogP contribution is 2.40. The molecule has 0 bridgehead atoms. The Hall–Kier alpha value is -6.90. The minimum absolute atomic E-state index is 0.875. The molecule has 9 aromatic carbocycles. The molecular weight excluding hydrogens is 631 g/mol. The maximum absolute atomic E-state index is 6.34. The second kappa shape index (κ2) is 12.5. The van der Waals surface area contributed by atoms with Gasteiger partial charge in [-0.1, -0.05) is 140 Å². The summed E-state index contributed by atoms with van der Waals surface area (Å²) in [4.78, 5) is 2.31. The van der Waals surface area contributed by atoms with Gasteiger partial charge >= 0.3 is 0 Å². The van der Waals surface area contributed by atoms with E-state index in [1.807, 2.05) is 12.1 Å². The molecule has 52 heavy (non-hydrogen) atoms. The summed E-state index contributed by atoms with van der Waals surface area (Å²) in [6.07, 6.45) is 0. The fraction of sp³-hybridized carbons (Fsp3) is 0. The van der Waals surface area contributed by atoms with Crippen LogP contribution in [0.4, 0.5) is 17.1 Å². The summed E-state index contributed by atoms with van der Waals surface area (Å²) in [6, 6.07) is 71.7. The van der Waals surface area contributed by atoms with Gasteiger partial charge in [0.1, 0.15) is 11.2 Å². The molecule has 2 nitrogen and oxygen atoms in total. The van der Waals surface area contributed by atoms with Crippen molar-refractivity contribution in [3.63, 3.8) is 0 Å². The second-order valence-electron chi connectivity index (χ2n) is 13.4. The molecule has 0 aliphatic rings. The van der Waals surface area contributed by atoms with Crippen LogP contribution in [0.3, 0.4) is 0 Å². The quantitative estimate of drug-likeness (QED) is 0.165. The van der Waals surface area contributed by atoms with Gasteiger partial charge < -0.3 is 9.32 Å². The minimum atomic E-state index is 0.875. The molecule has 0 radical (unpaired) electrons. The third-order valence-electron chi connectivity index (χ3n) is 10.3. The molecule has 2 heteroatoms. The predicted octanol–water partition coefficient (Wildman–Crippen LogP) is 14.4. The van der Waals surface area contributed by atoms with E-state index in [0.717, 1.165) is 39.0 Å². The maximum Gasteiger partial charge on any atom is 0.137 e. The highest BCUT2D eigenvalue weighted by Gasteiger charge is 2.16. The summed E-state index contributed by atoms with van der Waals surface area (Å²) in [5.74, 6) is 0. The summed E-state index contributed by atoms with van der Waals surface area (Å²) in [5.41, 5.74) is 12.2. The lowest BCUT2D eigenvalue weighted by atomic mass is 9.94. The monoisotopic (exact) mass is 663 g/mol. The third kappa shape index (κ3) is 5.30. The van der Waals surface area contributed by atoms with Crippen LogP contribution in [0.15, 0.2) is 205 Å². The largest absolute Gasteiger partial charge is 0.456 e. The van der Waals surface area contributed by atoms with Crippen LogP contribution in [0.1, 0.15) is 0 Å². The molecule has 0 aliphatic heterocycles. The molecule has 10 rings (SSSR count). The Morgan fingerprint density at radius 2 is 0.692 bits per heavy atom. The van der Waals surface area contributed by atoms with Crippen molar-refractivity contribution < 1.29 is 4.42 Å². The minimum Gasteiger partial charge on any atom is -0.456 e. The highest BCUT2D eigenvalue weighted by molar-refractivity contribution is 6.10. The van der Waals surface area contributed by atoms with Gasteiger partial charge in [-0.15, -0.1) is 0 Å². The fourth-order valence-electron chi connectivity index (χ4n) is 7.58. The van der Waals surface area contributed by atoms with Crippen molar-refractivity contribution in [1.82, 2.24) is 0 Å². The van der Waals surface area contributed by atoms with E-state index >= 15 is 0 Å². The first-order valence-electron chi connectivity index (χ1n) is 17.7. The zero-order chi connectivity index (χ0) is 34.4. The molecule has 0 spiro atoms. The van der Waals surface area contributed by atoms with Crippen LogP contribution >= 0.6 is 0 Å². The lowest BCUT2D eigenvalue weighted by Crippen LogP contribution is -2.09. The number of nitrogens with zero attached hydrogens (tertiary/aromatic N) is 1. The van der Waals surface area contributed by atoms with Crippen LogP contribution in [0.25, 0.3) is 76.9 Å². The number of hydrogen-bond acceptors (Lipinski definition) is 2. The Morgan fingerprint density at radius 3 is 1.29 bits per heavy atom. The van der Waals surface area contributed by atoms with E-state index in [1.54, 1.807) is 0 Å². The Balaban J connectivity index is 1.06. The number of benzene rings is 9. The van der Waals surface area contributed by atoms with Crippen molar-refractivity contribution in [2.24, 2.45) is 0 Å². The molecule has 10 aromatic rings. The van der Waals surface area contributed by atoms with Crippen molar-refractivity contribution in [2.75, 3.05) is 4.90 Å². The molecular formula is C50H33NO. The van der Waals surface area contributed by atoms with E-state index in [1.165, 1.54) is 54.9 Å². The van der Waals surface area contributed by atoms with Crippen molar-refractivity contribution in [3.05, 3.63) is 200 Å². The Morgan fingerprint density at radius 1 is 0.269 bits per heavy atom. The molecule has 0 saturated heterocycles. The highest BCUT2D eigenvalue weighted by atomic mass is 16.3. The first-order chi connectivity index (χ1) is 25.7. The molecule has 0 aliphatic carbocycles. The van der Waals surface area contributed by atoms with Crippen LogP contribution in [-0.4, -0.2) is 0 Å². The standard InChI is InChI=1S/C50H33NO/c1-3-9-34(10-4-1)36-21-25-42(26-22-36)51(44-29-30-46-45-13-7-8-14-49(45)52-50(46)33-44)43-27-23-37(24-28-43)41-20-18-39-16-15-38-17-19-40(31-47(38)48(39)32-41)35-11-5-2-6-12-35/h1-33H. The molecule has 0 fully saturated rings. The van der Waals surface area contributed by atoms with Crippen LogP contribution in [0.2, 0.25) is 0 Å². The Kier molecular flexibility index (Phi) is 7.18. The fourth-order valence-corrected chi connectivity index (χ4v) is 7.58. The zero-order valence-electron chi connectivity index (χ0n) is 28.4. The van der Waals surface area contributed by atoms with Gasteiger partial charge in [0.2, 0.25) is 0 Å². The predicted molar refractivity (Wildman–Crippen MR) is 220 cm³/mol. The van der Waals surface area contributed by atoms with Gasteiger partial charge in [0.15, 0.2) is 0 Å². The molecule has 0 unspecified atom stereocenters. The normalized spacial score (nSPS) is 11.5. The SMILES string of the molecule is c1ccc(-c2ccc(N(c3ccc(-c4ccc5ccc6ccc(-c7ccccc7)cc6c5c4)cc3)c3ccc4c(c3)oc3ccccc34)cc2)cc1. The van der Waals surface area contributed by atoms with E-state index in [4.69, 9.17) is 4.42 Å². The van der Waals surface area contributed by atoms with Gasteiger partial charge in [0, 0.05) is 33.9 Å². The maximum atomic E-state index is 6.34. The third-order valence-corrected chi connectivity index (χ3v) is 10.3. The van der Waals surface area contributed by atoms with Gasteiger partial charge in [0.25, 0.3) is 0 Å². The number of furan rings is 1.